The van der Waals surface area contributed by atoms with Gasteiger partial charge in [-0.25, -0.2) is 9.97 Å². The van der Waals surface area contributed by atoms with Gasteiger partial charge in [0.25, 0.3) is 5.56 Å². The molecule has 3 aromatic heterocycles. The van der Waals surface area contributed by atoms with Crippen molar-refractivity contribution in [3.05, 3.63) is 64.7 Å². The lowest BCUT2D eigenvalue weighted by molar-refractivity contribution is -0.139. The van der Waals surface area contributed by atoms with Crippen LogP contribution >= 0.6 is 0 Å². The summed E-state index contributed by atoms with van der Waals surface area (Å²) < 4.78 is 6.84. The van der Waals surface area contributed by atoms with Crippen LogP contribution in [0, 0.1) is 5.92 Å². The van der Waals surface area contributed by atoms with Crippen LogP contribution in [-0.2, 0) is 14.9 Å². The van der Waals surface area contributed by atoms with E-state index in [1.807, 2.05) is 12.1 Å². The molecule has 0 aromatic carbocycles. The number of carbonyl (C=O) groups is 1. The smallest absolute Gasteiger partial charge is 0.259 e. The van der Waals surface area contributed by atoms with Gasteiger partial charge in [-0.3, -0.25) is 14.0 Å². The molecule has 2 saturated heterocycles. The minimum atomic E-state index is -0.822. The first-order valence-corrected chi connectivity index (χ1v) is 12.4. The van der Waals surface area contributed by atoms with Gasteiger partial charge in [-0.2, -0.15) is 0 Å². The van der Waals surface area contributed by atoms with Crippen LogP contribution in [0.2, 0.25) is 0 Å². The van der Waals surface area contributed by atoms with E-state index in [-0.39, 0.29) is 33.4 Å². The van der Waals surface area contributed by atoms with Gasteiger partial charge < -0.3 is 20.7 Å². The second-order valence-corrected chi connectivity index (χ2v) is 9.57. The zero-order valence-corrected chi connectivity index (χ0v) is 19.9. The van der Waals surface area contributed by atoms with Crippen LogP contribution in [0.25, 0.3) is 5.65 Å². The Labute approximate surface area is 207 Å². The van der Waals surface area contributed by atoms with Crippen molar-refractivity contribution in [2.45, 2.75) is 37.5 Å². The first-order valence-electron chi connectivity index (χ1n) is 12.4. The normalized spacial score (nSPS) is 18.8. The van der Waals surface area contributed by atoms with Gasteiger partial charge in [0.15, 0.2) is 0 Å². The van der Waals surface area contributed by atoms with E-state index in [0.29, 0.717) is 5.65 Å². The summed E-state index contributed by atoms with van der Waals surface area (Å²) in [6.45, 7) is 3.50. The topological polar surface area (TPSA) is 115 Å². The van der Waals surface area contributed by atoms with Crippen molar-refractivity contribution in [1.29, 1.82) is 0 Å². The number of amides is 1. The number of fused-ring (bicyclic) bond motifs is 1. The van der Waals surface area contributed by atoms with Crippen LogP contribution in [0.5, 0.6) is 0 Å². The van der Waals surface area contributed by atoms with E-state index in [9.17, 15) is 9.59 Å². The standard InChI is InChI=1S/C22H23N5O3.C4H9N.2H2/c28-20-12-17(24-19-6-2-5-11-27(19)20)25-21(29)22(14-30-15-22)16-7-8-18(23-13-16)26-9-3-1-4-10-26;5-3-4-1-2-4;;/h2,5-8,11-13H,1,3-4,9-10,14-15H2,(H,25,29);4H,1-3,5H2;2*1H. The molecule has 6 rings (SSSR count). The van der Waals surface area contributed by atoms with Gasteiger partial charge in [0, 0.05) is 34.4 Å². The van der Waals surface area contributed by atoms with Crippen molar-refractivity contribution < 1.29 is 12.4 Å². The maximum Gasteiger partial charge on any atom is 0.259 e. The van der Waals surface area contributed by atoms with E-state index in [4.69, 9.17) is 10.5 Å². The molecular formula is C26H36N6O3. The fraction of sp³-hybridized carbons (Fsp3) is 0.462. The van der Waals surface area contributed by atoms with Gasteiger partial charge in [-0.05, 0) is 68.3 Å². The summed E-state index contributed by atoms with van der Waals surface area (Å²) in [6.07, 6.45) is 9.82. The Morgan fingerprint density at radius 3 is 2.57 bits per heavy atom. The third-order valence-electron chi connectivity index (χ3n) is 6.95. The van der Waals surface area contributed by atoms with Gasteiger partial charge in [-0.1, -0.05) is 12.1 Å². The summed E-state index contributed by atoms with van der Waals surface area (Å²) in [5.41, 5.74) is 5.45. The highest BCUT2D eigenvalue weighted by Crippen LogP contribution is 2.34. The number of nitrogens with one attached hydrogen (secondary N) is 1. The Balaban J connectivity index is 0.000000489. The maximum absolute atomic E-state index is 13.2. The first-order chi connectivity index (χ1) is 17.1. The lowest BCUT2D eigenvalue weighted by Crippen LogP contribution is -2.55. The number of hydrogen-bond acceptors (Lipinski definition) is 7. The Hall–Kier alpha value is -3.30. The summed E-state index contributed by atoms with van der Waals surface area (Å²) in [7, 11) is 0. The van der Waals surface area contributed by atoms with Crippen molar-refractivity contribution in [1.82, 2.24) is 14.4 Å². The van der Waals surface area contributed by atoms with Gasteiger partial charge >= 0.3 is 0 Å². The summed E-state index contributed by atoms with van der Waals surface area (Å²) in [4.78, 5) is 36.8. The molecule has 35 heavy (non-hydrogen) atoms. The average Bonchev–Trinajstić information content (AvgIpc) is 3.70. The minimum absolute atomic E-state index is 0. The third-order valence-corrected chi connectivity index (χ3v) is 6.95. The zero-order chi connectivity index (χ0) is 24.3. The Kier molecular flexibility index (Phi) is 6.79. The quantitative estimate of drug-likeness (QED) is 0.577. The first kappa shape index (κ1) is 23.4. The van der Waals surface area contributed by atoms with Gasteiger partial charge in [-0.15, -0.1) is 0 Å². The fourth-order valence-electron chi connectivity index (χ4n) is 4.42. The molecule has 1 aliphatic carbocycles. The van der Waals surface area contributed by atoms with Crippen molar-refractivity contribution >= 4 is 23.2 Å². The predicted octanol–water partition coefficient (Wildman–Crippen LogP) is 2.83. The Bertz CT molecular complexity index is 1240. The molecule has 0 radical (unpaired) electrons. The number of piperidine rings is 1. The van der Waals surface area contributed by atoms with Crippen LogP contribution < -0.4 is 21.5 Å². The molecule has 3 N–H and O–H groups in total. The Morgan fingerprint density at radius 2 is 1.97 bits per heavy atom. The van der Waals surface area contributed by atoms with E-state index in [0.717, 1.165) is 36.9 Å². The largest absolute Gasteiger partial charge is 0.378 e. The van der Waals surface area contributed by atoms with E-state index in [1.165, 1.54) is 42.6 Å². The molecule has 188 valence electrons. The van der Waals surface area contributed by atoms with Crippen LogP contribution in [-0.4, -0.2) is 53.1 Å². The molecule has 0 spiro atoms. The number of nitrogens with two attached hydrogens (primary N) is 1. The number of pyridine rings is 2. The highest BCUT2D eigenvalue weighted by Gasteiger charge is 2.48. The van der Waals surface area contributed by atoms with E-state index < -0.39 is 5.41 Å². The fourth-order valence-corrected chi connectivity index (χ4v) is 4.42. The van der Waals surface area contributed by atoms with Crippen LogP contribution in [0.4, 0.5) is 11.6 Å². The van der Waals surface area contributed by atoms with Gasteiger partial charge in [0.05, 0.1) is 13.2 Å². The van der Waals surface area contributed by atoms with E-state index >= 15 is 0 Å². The zero-order valence-electron chi connectivity index (χ0n) is 19.9. The molecule has 3 aliphatic rings. The lowest BCUT2D eigenvalue weighted by atomic mass is 9.78. The second-order valence-electron chi connectivity index (χ2n) is 9.57. The number of carbonyl (C=O) groups excluding carboxylic acids is 1. The number of aromatic nitrogens is 3. The predicted molar refractivity (Wildman–Crippen MR) is 139 cm³/mol. The maximum atomic E-state index is 13.2. The summed E-state index contributed by atoms with van der Waals surface area (Å²) >= 11 is 0. The highest BCUT2D eigenvalue weighted by molar-refractivity contribution is 5.99. The summed E-state index contributed by atoms with van der Waals surface area (Å²) in [5.74, 6) is 1.85. The van der Waals surface area contributed by atoms with Crippen LogP contribution in [0.3, 0.4) is 0 Å². The lowest BCUT2D eigenvalue weighted by Gasteiger charge is -2.40. The monoisotopic (exact) mass is 480 g/mol. The van der Waals surface area contributed by atoms with E-state index in [1.54, 1.807) is 30.6 Å². The van der Waals surface area contributed by atoms with Gasteiger partial charge in [0.2, 0.25) is 5.91 Å². The molecular weight excluding hydrogens is 444 g/mol. The van der Waals surface area contributed by atoms with Crippen molar-refractivity contribution in [3.8, 4) is 0 Å². The average molecular weight is 481 g/mol. The Morgan fingerprint density at radius 1 is 1.17 bits per heavy atom. The molecule has 9 nitrogen and oxygen atoms in total. The molecule has 3 aromatic rings. The third kappa shape index (κ3) is 5.06. The molecule has 5 heterocycles. The number of ether oxygens (including phenoxy) is 1. The van der Waals surface area contributed by atoms with Crippen LogP contribution in [0.1, 0.15) is 40.5 Å². The number of rotatable bonds is 5. The van der Waals surface area contributed by atoms with Crippen molar-refractivity contribution in [2.24, 2.45) is 11.7 Å². The molecule has 9 heteroatoms. The number of anilines is 2. The van der Waals surface area contributed by atoms with Crippen molar-refractivity contribution in [3.63, 3.8) is 0 Å². The molecule has 0 atom stereocenters. The number of nitrogens with zero attached hydrogens (tertiary/aromatic N) is 4. The summed E-state index contributed by atoms with van der Waals surface area (Å²) in [5, 5.41) is 2.81. The molecule has 0 unspecified atom stereocenters. The highest BCUT2D eigenvalue weighted by atomic mass is 16.5. The summed E-state index contributed by atoms with van der Waals surface area (Å²) in [6, 6.07) is 10.6. The molecule has 2 aliphatic heterocycles. The molecule has 1 saturated carbocycles. The SMILES string of the molecule is NCC1CC1.O=C(Nc1cc(=O)n2ccccc2n1)C1(c2ccc(N3CCCCC3)nc2)COC1.[HH].[HH]. The van der Waals surface area contributed by atoms with Gasteiger partial charge in [0.1, 0.15) is 22.7 Å². The molecule has 3 fully saturated rings. The van der Waals surface area contributed by atoms with Crippen molar-refractivity contribution in [2.75, 3.05) is 43.1 Å². The minimum Gasteiger partial charge on any atom is -0.378 e. The molecule has 1 amide bonds. The molecule has 0 bridgehead atoms. The number of hydrogen-bond donors (Lipinski definition) is 2. The van der Waals surface area contributed by atoms with E-state index in [2.05, 4.69) is 20.2 Å². The second kappa shape index (κ2) is 10.1. The van der Waals surface area contributed by atoms with Crippen LogP contribution in [0.15, 0.2) is 53.6 Å².